The van der Waals surface area contributed by atoms with Crippen molar-refractivity contribution in [3.63, 3.8) is 0 Å². The van der Waals surface area contributed by atoms with Gasteiger partial charge in [0.25, 0.3) is 11.8 Å². The molecule has 0 spiro atoms. The van der Waals surface area contributed by atoms with E-state index in [1.807, 2.05) is 206 Å². The first kappa shape index (κ1) is 52.3. The highest BCUT2D eigenvalue weighted by Crippen LogP contribution is 2.45. The number of esters is 1. The van der Waals surface area contributed by atoms with Crippen LogP contribution in [0.2, 0.25) is 0 Å². The van der Waals surface area contributed by atoms with E-state index in [4.69, 9.17) is 31.3 Å². The van der Waals surface area contributed by atoms with Gasteiger partial charge < -0.3 is 20.2 Å². The first-order valence-corrected chi connectivity index (χ1v) is 28.2. The molecule has 13 heteroatoms. The molecule has 3 heterocycles. The zero-order chi connectivity index (χ0) is 54.0. The Bertz CT molecular complexity index is 3400. The molecule has 2 aliphatic heterocycles. The number of nitrogens with zero attached hydrogens (tertiary/aromatic N) is 3. The number of alkyl halides is 1. The number of thiazole rings is 1. The number of oxime groups is 1. The highest BCUT2D eigenvalue weighted by molar-refractivity contribution is 8.00. The van der Waals surface area contributed by atoms with Gasteiger partial charge in [0.2, 0.25) is 5.60 Å². The van der Waals surface area contributed by atoms with Crippen molar-refractivity contribution in [2.75, 3.05) is 16.9 Å². The first-order chi connectivity index (χ1) is 38.9. The second-order valence-electron chi connectivity index (χ2n) is 18.7. The molecule has 1 aromatic heterocycles. The molecule has 11 rings (SSSR count). The van der Waals surface area contributed by atoms with Crippen LogP contribution in [0.25, 0.3) is 0 Å². The molecule has 1 fully saturated rings. The number of benzene rings is 8. The Balaban J connectivity index is 0.987. The molecule has 390 valence electrons. The molecule has 9 aromatic rings. The number of hydrogen-bond donors (Lipinski definition) is 2. The monoisotopic (exact) mass is 1090 g/mol. The van der Waals surface area contributed by atoms with E-state index in [-0.39, 0.29) is 23.0 Å². The lowest BCUT2D eigenvalue weighted by Gasteiger charge is -2.49. The number of nitrogens with one attached hydrogen (secondary N) is 2. The number of rotatable bonds is 19. The molecular weight excluding hydrogens is 1040 g/mol. The quantitative estimate of drug-likeness (QED) is 0.0205. The number of anilines is 1. The molecule has 0 bridgehead atoms. The van der Waals surface area contributed by atoms with Gasteiger partial charge >= 0.3 is 5.97 Å². The Labute approximate surface area is 472 Å². The van der Waals surface area contributed by atoms with Crippen molar-refractivity contribution >= 4 is 63.3 Å². The number of carbonyl (C=O) groups is 3. The molecule has 2 atom stereocenters. The normalized spacial score (nSPS) is 15.5. The summed E-state index contributed by atoms with van der Waals surface area (Å²) in [5.74, 6) is -1.40. The van der Waals surface area contributed by atoms with Crippen LogP contribution in [0.4, 0.5) is 5.13 Å². The molecular formula is C66H52ClN5O5S2. The summed E-state index contributed by atoms with van der Waals surface area (Å²) in [4.78, 5) is 58.5. The minimum atomic E-state index is -1.37. The average molecular weight is 1090 g/mol. The van der Waals surface area contributed by atoms with Gasteiger partial charge in [0.15, 0.2) is 16.9 Å². The number of thioether (sulfide) groups is 1. The number of aromatic nitrogens is 1. The SMILES string of the molecule is O=C(OC(c1ccccc1)c1ccccc1)C1=C(/C=C\CCl)CS[C@H]2C(NC(=O)/C(=N\OC(c3ccccc3)(c3ccccc3)c3ccccc3)c3csc(NC(c4ccccc4)(c4ccccc4)c4ccccc4)n3)C(=O)N12. The number of fused-ring (bicyclic) bond motifs is 1. The zero-order valence-corrected chi connectivity index (χ0v) is 44.9. The number of β-lactam (4-membered cyclic amide) rings is 1. The van der Waals surface area contributed by atoms with Crippen molar-refractivity contribution in [3.05, 3.63) is 322 Å². The second-order valence-corrected chi connectivity index (χ2v) is 21.0. The lowest BCUT2D eigenvalue weighted by atomic mass is 9.77. The highest BCUT2D eigenvalue weighted by Gasteiger charge is 2.55. The molecule has 1 saturated heterocycles. The summed E-state index contributed by atoms with van der Waals surface area (Å²) in [6, 6.07) is 77.5. The van der Waals surface area contributed by atoms with Crippen LogP contribution in [0.15, 0.2) is 277 Å². The summed E-state index contributed by atoms with van der Waals surface area (Å²) >= 11 is 8.87. The molecule has 2 amide bonds. The lowest BCUT2D eigenvalue weighted by Crippen LogP contribution is -2.71. The van der Waals surface area contributed by atoms with Crippen LogP contribution in [0, 0.1) is 0 Å². The Kier molecular flexibility index (Phi) is 15.8. The third-order valence-electron chi connectivity index (χ3n) is 14.0. The smallest absolute Gasteiger partial charge is 0.356 e. The fraction of sp³-hybridized carbons (Fsp3) is 0.106. The molecule has 8 aromatic carbocycles. The van der Waals surface area contributed by atoms with E-state index >= 15 is 4.79 Å². The topological polar surface area (TPSA) is 122 Å². The summed E-state index contributed by atoms with van der Waals surface area (Å²) in [7, 11) is 0. The van der Waals surface area contributed by atoms with Gasteiger partial charge in [0, 0.05) is 33.7 Å². The predicted octanol–water partition coefficient (Wildman–Crippen LogP) is 13.0. The fourth-order valence-corrected chi connectivity index (χ4v) is 12.4. The van der Waals surface area contributed by atoms with Crippen molar-refractivity contribution in [1.29, 1.82) is 0 Å². The van der Waals surface area contributed by atoms with Crippen molar-refractivity contribution < 1.29 is 24.0 Å². The van der Waals surface area contributed by atoms with Gasteiger partial charge in [0.1, 0.15) is 28.3 Å². The van der Waals surface area contributed by atoms with Crippen LogP contribution >= 0.6 is 34.7 Å². The summed E-state index contributed by atoms with van der Waals surface area (Å²) in [6.07, 6.45) is 2.71. The maximum absolute atomic E-state index is 15.4. The van der Waals surface area contributed by atoms with Gasteiger partial charge in [-0.05, 0) is 33.4 Å². The third-order valence-corrected chi connectivity index (χ3v) is 16.2. The van der Waals surface area contributed by atoms with Crippen LogP contribution in [0.3, 0.4) is 0 Å². The molecule has 79 heavy (non-hydrogen) atoms. The number of ether oxygens (including phenoxy) is 1. The predicted molar refractivity (Wildman–Crippen MR) is 315 cm³/mol. The van der Waals surface area contributed by atoms with Crippen LogP contribution in [0.5, 0.6) is 0 Å². The van der Waals surface area contributed by atoms with Crippen LogP contribution in [-0.2, 0) is 35.1 Å². The number of halogens is 1. The first-order valence-electron chi connectivity index (χ1n) is 25.7. The van der Waals surface area contributed by atoms with Crippen LogP contribution < -0.4 is 10.6 Å². The van der Waals surface area contributed by atoms with Gasteiger partial charge in [-0.15, -0.1) is 34.7 Å². The minimum Gasteiger partial charge on any atom is -0.448 e. The van der Waals surface area contributed by atoms with Gasteiger partial charge in [-0.3, -0.25) is 14.5 Å². The third kappa shape index (κ3) is 10.5. The maximum Gasteiger partial charge on any atom is 0.356 e. The molecule has 1 unspecified atom stereocenters. The van der Waals surface area contributed by atoms with E-state index in [9.17, 15) is 9.59 Å². The number of carbonyl (C=O) groups excluding carboxylic acids is 3. The van der Waals surface area contributed by atoms with Gasteiger partial charge in [-0.2, -0.15) is 0 Å². The Morgan fingerprint density at radius 2 is 1.08 bits per heavy atom. The number of hydrogen-bond acceptors (Lipinski definition) is 10. The standard InChI is InChI=1S/C66H52ClN5O5S2/c67-43-25-30-48-44-78-62-57(61(74)72(62)58(48)63(75)76-59(46-26-9-1-10-27-46)47-28-11-2-12-29-47)69-60(73)56(71-77-66(52-37-19-6-20-38-52,53-39-21-7-22-40-53)54-41-23-8-24-42-54)55-45-79-64(68-55)70-65(49-31-13-3-14-32-49,50-33-15-4-16-34-50)51-35-17-5-18-36-51/h1-42,45,57,59,62H,43-44H2,(H,68,70)(H,69,73)/b30-25-,71-56-/t57?,62-/m0/s1. The number of amides is 2. The van der Waals surface area contributed by atoms with Gasteiger partial charge in [-0.25, -0.2) is 9.78 Å². The molecule has 2 N–H and O–H groups in total. The van der Waals surface area contributed by atoms with E-state index in [0.29, 0.717) is 16.5 Å². The van der Waals surface area contributed by atoms with Gasteiger partial charge in [0.05, 0.1) is 0 Å². The molecule has 0 saturated carbocycles. The summed E-state index contributed by atoms with van der Waals surface area (Å²) in [5.41, 5.74) is 5.04. The summed E-state index contributed by atoms with van der Waals surface area (Å²) in [6.45, 7) is 0. The molecule has 0 radical (unpaired) electrons. The Morgan fingerprint density at radius 3 is 1.52 bits per heavy atom. The maximum atomic E-state index is 15.4. The number of allylic oxidation sites excluding steroid dienone is 2. The van der Waals surface area contributed by atoms with E-state index in [2.05, 4.69) is 47.0 Å². The van der Waals surface area contributed by atoms with Gasteiger partial charge in [-0.1, -0.05) is 260 Å². The highest BCUT2D eigenvalue weighted by atomic mass is 35.5. The van der Waals surface area contributed by atoms with E-state index in [0.717, 1.165) is 44.5 Å². The fourth-order valence-electron chi connectivity index (χ4n) is 10.3. The van der Waals surface area contributed by atoms with Crippen LogP contribution in [0.1, 0.15) is 56.3 Å². The Morgan fingerprint density at radius 1 is 0.646 bits per heavy atom. The second kappa shape index (κ2) is 23.8. The average Bonchev–Trinajstić information content (AvgIpc) is 4.13. The molecule has 2 aliphatic rings. The lowest BCUT2D eigenvalue weighted by molar-refractivity contribution is -0.154. The largest absolute Gasteiger partial charge is 0.448 e. The van der Waals surface area contributed by atoms with Crippen LogP contribution in [-0.4, -0.2) is 56.4 Å². The summed E-state index contributed by atoms with van der Waals surface area (Å²) < 4.78 is 6.38. The van der Waals surface area contributed by atoms with E-state index in [1.54, 1.807) is 17.5 Å². The minimum absolute atomic E-state index is 0.0852. The molecule has 10 nitrogen and oxygen atoms in total. The van der Waals surface area contributed by atoms with Crippen molar-refractivity contribution in [2.24, 2.45) is 5.16 Å². The Hall–Kier alpha value is -8.81. The van der Waals surface area contributed by atoms with Crippen molar-refractivity contribution in [1.82, 2.24) is 15.2 Å². The molecule has 0 aliphatic carbocycles. The van der Waals surface area contributed by atoms with Crippen molar-refractivity contribution in [3.8, 4) is 0 Å². The summed E-state index contributed by atoms with van der Waals surface area (Å²) in [5, 5.41) is 13.3. The van der Waals surface area contributed by atoms with E-state index in [1.165, 1.54) is 28.0 Å². The van der Waals surface area contributed by atoms with E-state index < -0.39 is 46.4 Å². The zero-order valence-electron chi connectivity index (χ0n) is 42.5. The van der Waals surface area contributed by atoms with Crippen molar-refractivity contribution in [2.45, 2.75) is 28.7 Å².